The molecule has 5 nitrogen and oxygen atoms in total. The van der Waals surface area contributed by atoms with E-state index < -0.39 is 11.7 Å². The van der Waals surface area contributed by atoms with Gasteiger partial charge in [-0.05, 0) is 23.8 Å². The summed E-state index contributed by atoms with van der Waals surface area (Å²) in [7, 11) is 3.27. The first-order valence-electron chi connectivity index (χ1n) is 8.13. The van der Waals surface area contributed by atoms with Crippen LogP contribution < -0.4 is 5.32 Å². The van der Waals surface area contributed by atoms with Crippen molar-refractivity contribution in [2.24, 2.45) is 0 Å². The number of halogens is 3. The molecule has 1 aromatic heterocycles. The summed E-state index contributed by atoms with van der Waals surface area (Å²) in [5, 5.41) is 3.50. The summed E-state index contributed by atoms with van der Waals surface area (Å²) in [6.07, 6.45) is -3.15. The van der Waals surface area contributed by atoms with Gasteiger partial charge < -0.3 is 10.2 Å². The molecule has 0 fully saturated rings. The number of carbonyl (C=O) groups is 1. The van der Waals surface area contributed by atoms with Gasteiger partial charge in [0.15, 0.2) is 0 Å². The maximum Gasteiger partial charge on any atom is 0.416 e. The zero-order valence-electron chi connectivity index (χ0n) is 14.7. The number of hydrogen-bond acceptors (Lipinski definition) is 4. The minimum absolute atomic E-state index is 0.0619. The van der Waals surface area contributed by atoms with Gasteiger partial charge in [-0.2, -0.15) is 13.2 Å². The number of alkyl halides is 3. The maximum atomic E-state index is 13.1. The van der Waals surface area contributed by atoms with Gasteiger partial charge in [-0.3, -0.25) is 4.79 Å². The van der Waals surface area contributed by atoms with Crippen LogP contribution in [0, 0.1) is 0 Å². The lowest BCUT2D eigenvalue weighted by Crippen LogP contribution is -2.22. The van der Waals surface area contributed by atoms with Gasteiger partial charge in [0, 0.05) is 26.0 Å². The van der Waals surface area contributed by atoms with Crippen molar-refractivity contribution in [1.29, 1.82) is 0 Å². The fourth-order valence-electron chi connectivity index (χ4n) is 2.77. The maximum absolute atomic E-state index is 13.1. The van der Waals surface area contributed by atoms with E-state index in [4.69, 9.17) is 0 Å². The van der Waals surface area contributed by atoms with Crippen molar-refractivity contribution in [3.8, 4) is 0 Å². The molecular weight excluding hydrogens is 357 g/mol. The molecule has 0 saturated heterocycles. The Kier molecular flexibility index (Phi) is 4.98. The molecule has 0 atom stereocenters. The third-order valence-corrected chi connectivity index (χ3v) is 4.07. The summed E-state index contributed by atoms with van der Waals surface area (Å²) in [6, 6.07) is 10.4. The first-order chi connectivity index (χ1) is 12.8. The molecule has 0 saturated carbocycles. The van der Waals surface area contributed by atoms with Crippen LogP contribution in [0.4, 0.5) is 19.0 Å². The predicted molar refractivity (Wildman–Crippen MR) is 96.3 cm³/mol. The zero-order valence-corrected chi connectivity index (χ0v) is 14.7. The van der Waals surface area contributed by atoms with Crippen molar-refractivity contribution in [3.05, 3.63) is 65.5 Å². The molecule has 1 N–H and O–H groups in total. The molecule has 3 rings (SSSR count). The molecule has 2 aromatic carbocycles. The number of benzene rings is 2. The number of rotatable bonds is 4. The number of fused-ring (bicyclic) bond motifs is 1. The highest BCUT2D eigenvalue weighted by atomic mass is 19.4. The number of anilines is 1. The van der Waals surface area contributed by atoms with Crippen LogP contribution in [0.2, 0.25) is 0 Å². The second kappa shape index (κ2) is 7.22. The smallest absolute Gasteiger partial charge is 0.365 e. The SMILES string of the molecule is CN(C)C(=O)c1cccc2c(NCc3ccccc3C(F)(F)F)ncnc12. The van der Waals surface area contributed by atoms with E-state index >= 15 is 0 Å². The van der Waals surface area contributed by atoms with E-state index in [1.807, 2.05) is 0 Å². The van der Waals surface area contributed by atoms with E-state index in [-0.39, 0.29) is 18.0 Å². The first kappa shape index (κ1) is 18.6. The molecule has 1 amide bonds. The van der Waals surface area contributed by atoms with Gasteiger partial charge in [0.25, 0.3) is 5.91 Å². The van der Waals surface area contributed by atoms with E-state index in [1.165, 1.54) is 23.4 Å². The molecular formula is C19H17F3N4O. The second-order valence-electron chi connectivity index (χ2n) is 6.13. The lowest BCUT2D eigenvalue weighted by atomic mass is 10.1. The van der Waals surface area contributed by atoms with Crippen LogP contribution in [0.5, 0.6) is 0 Å². The van der Waals surface area contributed by atoms with Crippen molar-refractivity contribution in [3.63, 3.8) is 0 Å². The lowest BCUT2D eigenvalue weighted by molar-refractivity contribution is -0.138. The van der Waals surface area contributed by atoms with Crippen LogP contribution in [-0.4, -0.2) is 34.9 Å². The standard InChI is InChI=1S/C19H17F3N4O/c1-26(2)18(27)14-8-5-7-13-16(14)24-11-25-17(13)23-10-12-6-3-4-9-15(12)19(20,21)22/h3-9,11H,10H2,1-2H3,(H,23,24,25). The van der Waals surface area contributed by atoms with Crippen molar-refractivity contribution < 1.29 is 18.0 Å². The van der Waals surface area contributed by atoms with Gasteiger partial charge in [0.1, 0.15) is 12.1 Å². The molecule has 0 aliphatic carbocycles. The van der Waals surface area contributed by atoms with Crippen LogP contribution in [0.25, 0.3) is 10.9 Å². The number of carbonyl (C=O) groups excluding carboxylic acids is 1. The number of para-hydroxylation sites is 1. The summed E-state index contributed by atoms with van der Waals surface area (Å²) in [5.41, 5.74) is 0.257. The van der Waals surface area contributed by atoms with E-state index in [2.05, 4.69) is 15.3 Å². The van der Waals surface area contributed by atoms with Crippen LogP contribution in [-0.2, 0) is 12.7 Å². The van der Waals surface area contributed by atoms with Crippen molar-refractivity contribution in [2.75, 3.05) is 19.4 Å². The minimum Gasteiger partial charge on any atom is -0.365 e. The fourth-order valence-corrected chi connectivity index (χ4v) is 2.77. The van der Waals surface area contributed by atoms with Gasteiger partial charge in [0.05, 0.1) is 16.6 Å². The molecule has 0 aliphatic rings. The Bertz CT molecular complexity index is 986. The Balaban J connectivity index is 1.96. The highest BCUT2D eigenvalue weighted by Gasteiger charge is 2.32. The molecule has 140 valence electrons. The molecule has 3 aromatic rings. The average molecular weight is 374 g/mol. The molecule has 0 radical (unpaired) electrons. The number of aromatic nitrogens is 2. The quantitative estimate of drug-likeness (QED) is 0.751. The van der Waals surface area contributed by atoms with E-state index in [0.717, 1.165) is 6.07 Å². The largest absolute Gasteiger partial charge is 0.416 e. The minimum atomic E-state index is -4.43. The Morgan fingerprint density at radius 3 is 2.52 bits per heavy atom. The number of nitrogens with zero attached hydrogens (tertiary/aromatic N) is 3. The van der Waals surface area contributed by atoms with E-state index in [9.17, 15) is 18.0 Å². The highest BCUT2D eigenvalue weighted by molar-refractivity contribution is 6.07. The van der Waals surface area contributed by atoms with Crippen molar-refractivity contribution in [2.45, 2.75) is 12.7 Å². The molecule has 0 bridgehead atoms. The summed E-state index contributed by atoms with van der Waals surface area (Å²) in [6.45, 7) is -0.0619. The Hall–Kier alpha value is -3.16. The second-order valence-corrected chi connectivity index (χ2v) is 6.13. The summed E-state index contributed by atoms with van der Waals surface area (Å²) in [4.78, 5) is 22.1. The molecule has 0 spiro atoms. The molecule has 0 unspecified atom stereocenters. The lowest BCUT2D eigenvalue weighted by Gasteiger charge is -2.15. The summed E-state index contributed by atoms with van der Waals surface area (Å²) in [5.74, 6) is 0.151. The molecule has 8 heteroatoms. The van der Waals surface area contributed by atoms with Gasteiger partial charge >= 0.3 is 6.18 Å². The predicted octanol–water partition coefficient (Wildman–Crippen LogP) is 3.96. The van der Waals surface area contributed by atoms with Gasteiger partial charge in [-0.15, -0.1) is 0 Å². The third kappa shape index (κ3) is 3.84. The van der Waals surface area contributed by atoms with E-state index in [0.29, 0.717) is 22.3 Å². The average Bonchev–Trinajstić information content (AvgIpc) is 2.64. The number of amides is 1. The number of hydrogen-bond donors (Lipinski definition) is 1. The zero-order chi connectivity index (χ0) is 19.6. The molecule has 0 aliphatic heterocycles. The highest BCUT2D eigenvalue weighted by Crippen LogP contribution is 2.32. The Morgan fingerprint density at radius 1 is 1.07 bits per heavy atom. The van der Waals surface area contributed by atoms with Crippen LogP contribution in [0.15, 0.2) is 48.8 Å². The Labute approximate surface area is 153 Å². The third-order valence-electron chi connectivity index (χ3n) is 4.07. The van der Waals surface area contributed by atoms with Crippen LogP contribution in [0.1, 0.15) is 21.5 Å². The topological polar surface area (TPSA) is 58.1 Å². The van der Waals surface area contributed by atoms with Crippen LogP contribution in [0.3, 0.4) is 0 Å². The van der Waals surface area contributed by atoms with Crippen molar-refractivity contribution in [1.82, 2.24) is 14.9 Å². The Morgan fingerprint density at radius 2 is 1.81 bits per heavy atom. The summed E-state index contributed by atoms with van der Waals surface area (Å²) >= 11 is 0. The van der Waals surface area contributed by atoms with E-state index in [1.54, 1.807) is 38.4 Å². The fraction of sp³-hybridized carbons (Fsp3) is 0.211. The molecule has 1 heterocycles. The number of nitrogens with one attached hydrogen (secondary N) is 1. The van der Waals surface area contributed by atoms with Crippen LogP contribution >= 0.6 is 0 Å². The van der Waals surface area contributed by atoms with Gasteiger partial charge in [0.2, 0.25) is 0 Å². The van der Waals surface area contributed by atoms with Gasteiger partial charge in [-0.1, -0.05) is 24.3 Å². The summed E-state index contributed by atoms with van der Waals surface area (Å²) < 4.78 is 39.4. The molecule has 27 heavy (non-hydrogen) atoms. The van der Waals surface area contributed by atoms with Crippen molar-refractivity contribution >= 4 is 22.6 Å². The van der Waals surface area contributed by atoms with Gasteiger partial charge in [-0.25, -0.2) is 9.97 Å². The normalized spacial score (nSPS) is 11.4. The first-order valence-corrected chi connectivity index (χ1v) is 8.13. The monoisotopic (exact) mass is 374 g/mol.